The van der Waals surface area contributed by atoms with Crippen molar-refractivity contribution in [2.75, 3.05) is 13.2 Å². The molecule has 2 N–H and O–H groups in total. The minimum Gasteiger partial charge on any atom is -0.459 e. The van der Waals surface area contributed by atoms with Gasteiger partial charge in [0.15, 0.2) is 12.4 Å². The van der Waals surface area contributed by atoms with Gasteiger partial charge in [-0.3, -0.25) is 14.4 Å². The smallest absolute Gasteiger partial charge is 0.308 e. The van der Waals surface area contributed by atoms with Crippen molar-refractivity contribution in [3.8, 4) is 0 Å². The van der Waals surface area contributed by atoms with Crippen molar-refractivity contribution >= 4 is 17.8 Å². The van der Waals surface area contributed by atoms with Gasteiger partial charge in [-0.25, -0.2) is 0 Å². The predicted molar refractivity (Wildman–Crippen MR) is 89.6 cm³/mol. The van der Waals surface area contributed by atoms with E-state index in [-0.39, 0.29) is 31.2 Å². The molecule has 0 saturated carbocycles. The average Bonchev–Trinajstić information content (AvgIpc) is 3.14. The number of ether oxygens (including phenoxy) is 1. The number of amides is 2. The minimum absolute atomic E-state index is 0.0302. The van der Waals surface area contributed by atoms with E-state index in [4.69, 9.17) is 9.15 Å². The Balaban J connectivity index is 1.60. The lowest BCUT2D eigenvalue weighted by Gasteiger charge is -2.08. The Labute approximate surface area is 145 Å². The van der Waals surface area contributed by atoms with E-state index >= 15 is 0 Å². The maximum absolute atomic E-state index is 11.7. The zero-order valence-corrected chi connectivity index (χ0v) is 13.9. The summed E-state index contributed by atoms with van der Waals surface area (Å²) in [6.45, 7) is 2.08. The van der Waals surface area contributed by atoms with Gasteiger partial charge in [-0.15, -0.1) is 0 Å². The zero-order valence-electron chi connectivity index (χ0n) is 13.9. The quantitative estimate of drug-likeness (QED) is 0.709. The molecule has 0 radical (unpaired) electrons. The maximum Gasteiger partial charge on any atom is 0.308 e. The fourth-order valence-corrected chi connectivity index (χ4v) is 2.04. The highest BCUT2D eigenvalue weighted by Crippen LogP contribution is 2.05. The van der Waals surface area contributed by atoms with E-state index in [1.54, 1.807) is 6.07 Å². The number of carbonyl (C=O) groups excluding carboxylic acids is 3. The molecule has 0 bridgehead atoms. The predicted octanol–water partition coefficient (Wildman–Crippen LogP) is 1.57. The monoisotopic (exact) mass is 344 g/mol. The van der Waals surface area contributed by atoms with E-state index < -0.39 is 11.9 Å². The van der Waals surface area contributed by atoms with Crippen molar-refractivity contribution in [2.45, 2.75) is 19.9 Å². The Kier molecular flexibility index (Phi) is 6.76. The molecule has 1 heterocycles. The maximum atomic E-state index is 11.7. The molecule has 0 aliphatic carbocycles. The highest BCUT2D eigenvalue weighted by atomic mass is 16.5. The van der Waals surface area contributed by atoms with Crippen LogP contribution in [0.25, 0.3) is 0 Å². The van der Waals surface area contributed by atoms with Gasteiger partial charge in [0.1, 0.15) is 0 Å². The Bertz CT molecular complexity index is 725. The fraction of sp³-hybridized carbons (Fsp3) is 0.278. The normalized spacial score (nSPS) is 10.1. The molecule has 0 atom stereocenters. The molecule has 2 amide bonds. The van der Waals surface area contributed by atoms with Crippen LogP contribution in [-0.4, -0.2) is 30.9 Å². The first-order valence-electron chi connectivity index (χ1n) is 7.85. The van der Waals surface area contributed by atoms with E-state index in [2.05, 4.69) is 10.6 Å². The Morgan fingerprint density at radius 3 is 2.60 bits per heavy atom. The largest absolute Gasteiger partial charge is 0.459 e. The lowest BCUT2D eigenvalue weighted by molar-refractivity contribution is -0.148. The average molecular weight is 344 g/mol. The number of esters is 1. The van der Waals surface area contributed by atoms with Crippen LogP contribution < -0.4 is 10.6 Å². The van der Waals surface area contributed by atoms with Crippen LogP contribution in [0.2, 0.25) is 0 Å². The molecule has 7 nitrogen and oxygen atoms in total. The summed E-state index contributed by atoms with van der Waals surface area (Å²) < 4.78 is 9.79. The zero-order chi connectivity index (χ0) is 18.1. The van der Waals surface area contributed by atoms with Gasteiger partial charge in [-0.1, -0.05) is 24.3 Å². The molecule has 132 valence electrons. The molecule has 2 aromatic rings. The Morgan fingerprint density at radius 2 is 1.88 bits per heavy atom. The summed E-state index contributed by atoms with van der Waals surface area (Å²) in [4.78, 5) is 34.8. The second-order valence-corrected chi connectivity index (χ2v) is 5.35. The first kappa shape index (κ1) is 18.3. The molecule has 0 fully saturated rings. The van der Waals surface area contributed by atoms with Crippen LogP contribution in [-0.2, 0) is 20.9 Å². The fourth-order valence-electron chi connectivity index (χ4n) is 2.04. The molecule has 2 rings (SSSR count). The third-order valence-electron chi connectivity index (χ3n) is 3.46. The van der Waals surface area contributed by atoms with Gasteiger partial charge < -0.3 is 19.8 Å². The number of furan rings is 1. The highest BCUT2D eigenvalue weighted by molar-refractivity contribution is 5.91. The van der Waals surface area contributed by atoms with Crippen LogP contribution in [0.15, 0.2) is 47.1 Å². The Hall–Kier alpha value is -3.09. The van der Waals surface area contributed by atoms with Gasteiger partial charge in [0.2, 0.25) is 0 Å². The van der Waals surface area contributed by atoms with Crippen molar-refractivity contribution in [1.29, 1.82) is 0 Å². The summed E-state index contributed by atoms with van der Waals surface area (Å²) >= 11 is 0. The second-order valence-electron chi connectivity index (χ2n) is 5.35. The van der Waals surface area contributed by atoms with Gasteiger partial charge in [-0.2, -0.15) is 0 Å². The minimum atomic E-state index is -0.564. The van der Waals surface area contributed by atoms with Gasteiger partial charge >= 0.3 is 5.97 Å². The number of carbonyl (C=O) groups is 3. The third kappa shape index (κ3) is 6.14. The molecule has 1 aromatic heterocycles. The number of hydrogen-bond acceptors (Lipinski definition) is 5. The molecule has 0 aliphatic rings. The molecular weight excluding hydrogens is 324 g/mol. The van der Waals surface area contributed by atoms with Crippen molar-refractivity contribution in [3.63, 3.8) is 0 Å². The van der Waals surface area contributed by atoms with E-state index in [0.717, 1.165) is 11.1 Å². The molecule has 0 saturated heterocycles. The van der Waals surface area contributed by atoms with Crippen molar-refractivity contribution in [1.82, 2.24) is 10.6 Å². The standard InChI is InChI=1S/C18H20N2O5/c1-13-5-2-3-6-14(13)11-20-16(21)12-25-17(22)8-9-19-18(23)15-7-4-10-24-15/h2-7,10H,8-9,11-12H2,1H3,(H,19,23)(H,20,21). The summed E-state index contributed by atoms with van der Waals surface area (Å²) in [5.41, 5.74) is 2.08. The molecule has 0 aliphatic heterocycles. The lowest BCUT2D eigenvalue weighted by atomic mass is 10.1. The molecule has 0 unspecified atom stereocenters. The first-order chi connectivity index (χ1) is 12.1. The van der Waals surface area contributed by atoms with Crippen LogP contribution in [0.1, 0.15) is 28.1 Å². The number of aryl methyl sites for hydroxylation is 1. The van der Waals surface area contributed by atoms with E-state index in [9.17, 15) is 14.4 Å². The van der Waals surface area contributed by atoms with Crippen molar-refractivity contribution in [3.05, 3.63) is 59.5 Å². The summed E-state index contributed by atoms with van der Waals surface area (Å²) in [6, 6.07) is 10.8. The highest BCUT2D eigenvalue weighted by Gasteiger charge is 2.11. The summed E-state index contributed by atoms with van der Waals surface area (Å²) in [7, 11) is 0. The Morgan fingerprint density at radius 1 is 1.08 bits per heavy atom. The molecule has 1 aromatic carbocycles. The van der Waals surface area contributed by atoms with Gasteiger partial charge in [-0.05, 0) is 30.2 Å². The second kappa shape index (κ2) is 9.27. The van der Waals surface area contributed by atoms with Crippen LogP contribution in [0.3, 0.4) is 0 Å². The van der Waals surface area contributed by atoms with E-state index in [0.29, 0.717) is 6.54 Å². The van der Waals surface area contributed by atoms with E-state index in [1.165, 1.54) is 12.3 Å². The number of nitrogens with one attached hydrogen (secondary N) is 2. The van der Waals surface area contributed by atoms with Gasteiger partial charge in [0.25, 0.3) is 11.8 Å². The summed E-state index contributed by atoms with van der Waals surface area (Å²) in [5.74, 6) is -1.18. The lowest BCUT2D eigenvalue weighted by Crippen LogP contribution is -2.30. The number of benzene rings is 1. The van der Waals surface area contributed by atoms with E-state index in [1.807, 2.05) is 31.2 Å². The number of rotatable bonds is 8. The first-order valence-corrected chi connectivity index (χ1v) is 7.85. The molecule has 25 heavy (non-hydrogen) atoms. The third-order valence-corrected chi connectivity index (χ3v) is 3.46. The molecule has 7 heteroatoms. The van der Waals surface area contributed by atoms with Gasteiger partial charge in [0, 0.05) is 13.1 Å². The molecule has 0 spiro atoms. The summed E-state index contributed by atoms with van der Waals surface area (Å²) in [6.07, 6.45) is 1.36. The van der Waals surface area contributed by atoms with Crippen LogP contribution in [0.5, 0.6) is 0 Å². The number of hydrogen-bond donors (Lipinski definition) is 2. The van der Waals surface area contributed by atoms with Crippen molar-refractivity contribution in [2.24, 2.45) is 0 Å². The van der Waals surface area contributed by atoms with Crippen molar-refractivity contribution < 1.29 is 23.5 Å². The summed E-state index contributed by atoms with van der Waals surface area (Å²) in [5, 5.41) is 5.21. The molecular formula is C18H20N2O5. The van der Waals surface area contributed by atoms with Crippen LogP contribution in [0.4, 0.5) is 0 Å². The van der Waals surface area contributed by atoms with Crippen LogP contribution in [0, 0.1) is 6.92 Å². The van der Waals surface area contributed by atoms with Crippen LogP contribution >= 0.6 is 0 Å². The topological polar surface area (TPSA) is 97.6 Å². The SMILES string of the molecule is Cc1ccccc1CNC(=O)COC(=O)CCNC(=O)c1ccco1. The van der Waals surface area contributed by atoms with Gasteiger partial charge in [0.05, 0.1) is 12.7 Å².